The number of ether oxygens (including phenoxy) is 1. The first-order valence-corrected chi connectivity index (χ1v) is 10.7. The summed E-state index contributed by atoms with van der Waals surface area (Å²) in [4.78, 5) is 19.4. The summed E-state index contributed by atoms with van der Waals surface area (Å²) in [5, 5.41) is 10.9. The van der Waals surface area contributed by atoms with Crippen LogP contribution in [0.5, 0.6) is 5.75 Å². The van der Waals surface area contributed by atoms with E-state index in [1.807, 2.05) is 0 Å². The molecule has 0 amide bonds. The molecule has 2 N–H and O–H groups in total. The molecule has 11 heteroatoms. The zero-order valence-electron chi connectivity index (χ0n) is 17.1. The number of carboxylic acids is 1. The van der Waals surface area contributed by atoms with Crippen molar-refractivity contribution >= 4 is 33.7 Å². The lowest BCUT2D eigenvalue weighted by Crippen LogP contribution is -2.40. The average Bonchev–Trinajstić information content (AvgIpc) is 3.28. The number of nitrogens with zero attached hydrogens (tertiary/aromatic N) is 1. The van der Waals surface area contributed by atoms with Crippen molar-refractivity contribution in [3.63, 3.8) is 0 Å². The molecule has 3 aromatic rings. The molecule has 2 heterocycles. The van der Waals surface area contributed by atoms with Crippen molar-refractivity contribution in [2.24, 2.45) is 4.99 Å². The number of hydrogen-bond donors (Lipinski definition) is 2. The van der Waals surface area contributed by atoms with Gasteiger partial charge in [-0.15, -0.1) is 11.8 Å². The van der Waals surface area contributed by atoms with Gasteiger partial charge in [0.25, 0.3) is 0 Å². The van der Waals surface area contributed by atoms with Crippen LogP contribution >= 0.6 is 11.8 Å². The Morgan fingerprint density at radius 3 is 2.70 bits per heavy atom. The van der Waals surface area contributed by atoms with Gasteiger partial charge in [0.2, 0.25) is 0 Å². The highest BCUT2D eigenvalue weighted by Crippen LogP contribution is 2.36. The van der Waals surface area contributed by atoms with Gasteiger partial charge in [-0.25, -0.2) is 13.6 Å². The highest BCUT2D eigenvalue weighted by molar-refractivity contribution is 8.14. The minimum atomic E-state index is -4.66. The molecule has 4 rings (SSSR count). The Kier molecular flexibility index (Phi) is 5.85. The smallest absolute Gasteiger partial charge is 0.416 e. The van der Waals surface area contributed by atoms with Crippen molar-refractivity contribution < 1.29 is 36.6 Å². The van der Waals surface area contributed by atoms with Crippen LogP contribution in [0.2, 0.25) is 0 Å². The third kappa shape index (κ3) is 4.54. The molecule has 5 nitrogen and oxygen atoms in total. The van der Waals surface area contributed by atoms with E-state index in [1.54, 1.807) is 13.0 Å². The molecule has 1 aromatic heterocycles. The first-order chi connectivity index (χ1) is 15.5. The monoisotopic (exact) mass is 484 g/mol. The number of thioether (sulfide) groups is 1. The number of aromatic nitrogens is 1. The predicted octanol–water partition coefficient (Wildman–Crippen LogP) is 5.36. The van der Waals surface area contributed by atoms with Crippen LogP contribution in [0.4, 0.5) is 22.0 Å². The second-order valence-corrected chi connectivity index (χ2v) is 8.71. The maximum absolute atomic E-state index is 13.9. The largest absolute Gasteiger partial charge is 0.484 e. The number of nitrogens with one attached hydrogen (secondary N) is 1. The number of aromatic amines is 1. The van der Waals surface area contributed by atoms with Crippen molar-refractivity contribution in [1.29, 1.82) is 0 Å². The van der Waals surface area contributed by atoms with Gasteiger partial charge in [-0.2, -0.15) is 13.2 Å². The minimum Gasteiger partial charge on any atom is -0.484 e. The maximum Gasteiger partial charge on any atom is 0.416 e. The second kappa shape index (κ2) is 8.36. The van der Waals surface area contributed by atoms with Gasteiger partial charge < -0.3 is 14.8 Å². The zero-order chi connectivity index (χ0) is 24.0. The molecule has 0 radical (unpaired) electrons. The molecule has 1 unspecified atom stereocenters. The molecule has 0 bridgehead atoms. The Morgan fingerprint density at radius 1 is 1.24 bits per heavy atom. The number of halogens is 5. The van der Waals surface area contributed by atoms with Crippen molar-refractivity contribution in [1.82, 2.24) is 4.98 Å². The van der Waals surface area contributed by atoms with Crippen LogP contribution in [0.1, 0.15) is 16.8 Å². The zero-order valence-corrected chi connectivity index (χ0v) is 17.9. The summed E-state index contributed by atoms with van der Waals surface area (Å²) < 4.78 is 71.3. The van der Waals surface area contributed by atoms with E-state index < -0.39 is 40.6 Å². The van der Waals surface area contributed by atoms with Gasteiger partial charge >= 0.3 is 12.1 Å². The van der Waals surface area contributed by atoms with Crippen LogP contribution in [0, 0.1) is 18.6 Å². The highest BCUT2D eigenvalue weighted by Gasteiger charge is 2.44. The lowest BCUT2D eigenvalue weighted by molar-refractivity contribution is -0.142. The third-order valence-corrected chi connectivity index (χ3v) is 6.58. The van der Waals surface area contributed by atoms with Crippen LogP contribution in [0.15, 0.2) is 41.4 Å². The normalized spacial score (nSPS) is 18.5. The number of H-pyrrole nitrogens is 1. The molecule has 33 heavy (non-hydrogen) atoms. The predicted molar refractivity (Wildman–Crippen MR) is 114 cm³/mol. The molecule has 2 aromatic carbocycles. The van der Waals surface area contributed by atoms with E-state index in [0.717, 1.165) is 22.7 Å². The quantitative estimate of drug-likeness (QED) is 0.462. The summed E-state index contributed by atoms with van der Waals surface area (Å²) in [7, 11) is 0. The molecule has 0 saturated carbocycles. The van der Waals surface area contributed by atoms with Crippen molar-refractivity contribution in [3.8, 4) is 5.75 Å². The van der Waals surface area contributed by atoms with Gasteiger partial charge in [-0.3, -0.25) is 4.99 Å². The van der Waals surface area contributed by atoms with E-state index in [0.29, 0.717) is 29.4 Å². The SMILES string of the molecule is Cc1c(CC2(C(=O)O)CSC(COc3cc(C(F)(F)F)ccc3F)=N2)[nH]c2cc(F)ccc12. The van der Waals surface area contributed by atoms with E-state index in [4.69, 9.17) is 4.74 Å². The molecule has 0 spiro atoms. The first kappa shape index (κ1) is 23.1. The lowest BCUT2D eigenvalue weighted by Gasteiger charge is -2.19. The van der Waals surface area contributed by atoms with Crippen LogP contribution in [-0.4, -0.2) is 39.0 Å². The molecule has 0 aliphatic carbocycles. The number of benzene rings is 2. The first-order valence-electron chi connectivity index (χ1n) is 9.70. The van der Waals surface area contributed by atoms with E-state index in [1.165, 1.54) is 12.1 Å². The number of fused-ring (bicyclic) bond motifs is 1. The molecule has 1 aliphatic heterocycles. The number of aryl methyl sites for hydroxylation is 1. The van der Waals surface area contributed by atoms with Crippen LogP contribution in [-0.2, 0) is 17.4 Å². The Bertz CT molecular complexity index is 1270. The number of aliphatic imine (C=N–C) groups is 1. The van der Waals surface area contributed by atoms with Gasteiger partial charge in [-0.1, -0.05) is 0 Å². The van der Waals surface area contributed by atoms with Gasteiger partial charge in [0.1, 0.15) is 17.5 Å². The van der Waals surface area contributed by atoms with E-state index in [9.17, 15) is 31.9 Å². The standard InChI is InChI=1S/C22H17F5N2O3S/c1-11-14-4-3-13(23)7-16(14)28-17(11)8-21(20(30)31)10-33-19(29-21)9-32-18-6-12(22(25,26)27)2-5-15(18)24/h2-7,28H,8-10H2,1H3,(H,30,31). The number of hydrogen-bond acceptors (Lipinski definition) is 4. The molecular weight excluding hydrogens is 467 g/mol. The fourth-order valence-electron chi connectivity index (χ4n) is 3.62. The average molecular weight is 484 g/mol. The summed E-state index contributed by atoms with van der Waals surface area (Å²) in [5.41, 5.74) is -0.748. The molecule has 174 valence electrons. The van der Waals surface area contributed by atoms with Gasteiger partial charge in [0, 0.05) is 28.8 Å². The Labute approximate surface area is 188 Å². The summed E-state index contributed by atoms with van der Waals surface area (Å²) in [6.07, 6.45) is -4.68. The summed E-state index contributed by atoms with van der Waals surface area (Å²) in [6, 6.07) is 6.04. The van der Waals surface area contributed by atoms with Gasteiger partial charge in [0.05, 0.1) is 5.56 Å². The molecule has 1 aliphatic rings. The van der Waals surface area contributed by atoms with Crippen molar-refractivity contribution in [3.05, 3.63) is 64.9 Å². The fraction of sp³-hybridized carbons (Fsp3) is 0.273. The number of alkyl halides is 3. The van der Waals surface area contributed by atoms with Crippen LogP contribution in [0.3, 0.4) is 0 Å². The number of rotatable bonds is 6. The van der Waals surface area contributed by atoms with E-state index in [2.05, 4.69) is 9.98 Å². The highest BCUT2D eigenvalue weighted by atomic mass is 32.2. The van der Waals surface area contributed by atoms with E-state index >= 15 is 0 Å². The summed E-state index contributed by atoms with van der Waals surface area (Å²) in [5.74, 6) is -3.15. The van der Waals surface area contributed by atoms with Crippen LogP contribution < -0.4 is 4.74 Å². The van der Waals surface area contributed by atoms with Crippen LogP contribution in [0.25, 0.3) is 10.9 Å². The molecule has 0 fully saturated rings. The number of aliphatic carboxylic acids is 1. The van der Waals surface area contributed by atoms with E-state index in [-0.39, 0.29) is 23.8 Å². The number of carbonyl (C=O) groups is 1. The van der Waals surface area contributed by atoms with Crippen molar-refractivity contribution in [2.45, 2.75) is 25.1 Å². The maximum atomic E-state index is 13.9. The number of carboxylic acid groups (broad SMARTS) is 1. The van der Waals surface area contributed by atoms with Crippen molar-refractivity contribution in [2.75, 3.05) is 12.4 Å². The third-order valence-electron chi connectivity index (χ3n) is 5.42. The fourth-order valence-corrected chi connectivity index (χ4v) is 4.70. The molecule has 1 atom stereocenters. The summed E-state index contributed by atoms with van der Waals surface area (Å²) >= 11 is 1.07. The Balaban J connectivity index is 1.56. The minimum absolute atomic E-state index is 0.0150. The second-order valence-electron chi connectivity index (χ2n) is 7.66. The topological polar surface area (TPSA) is 74.7 Å². The molecule has 0 saturated heterocycles. The lowest BCUT2D eigenvalue weighted by atomic mass is 9.94. The van der Waals surface area contributed by atoms with Gasteiger partial charge in [-0.05, 0) is 48.9 Å². The molecular formula is C22H17F5N2O3S. The Morgan fingerprint density at radius 2 is 2.00 bits per heavy atom. The Hall–Kier alpha value is -3.08. The summed E-state index contributed by atoms with van der Waals surface area (Å²) in [6.45, 7) is 1.41. The van der Waals surface area contributed by atoms with Gasteiger partial charge in [0.15, 0.2) is 17.1 Å².